The number of aromatic carboxylic acids is 1. The van der Waals surface area contributed by atoms with E-state index in [1.54, 1.807) is 48.5 Å². The predicted molar refractivity (Wildman–Crippen MR) is 106 cm³/mol. The number of rotatable bonds is 4. The fourth-order valence-electron chi connectivity index (χ4n) is 2.63. The van der Waals surface area contributed by atoms with Crippen LogP contribution in [0.5, 0.6) is 0 Å². The lowest BCUT2D eigenvalue weighted by atomic mass is 9.98. The molecule has 130 valence electrons. The van der Waals surface area contributed by atoms with Crippen molar-refractivity contribution < 1.29 is 14.7 Å². The molecule has 0 radical (unpaired) electrons. The summed E-state index contributed by atoms with van der Waals surface area (Å²) in [7, 11) is 0. The van der Waals surface area contributed by atoms with Crippen LogP contribution in [0.15, 0.2) is 71.2 Å². The first-order chi connectivity index (χ1) is 12.4. The normalized spacial score (nSPS) is 10.4. The van der Waals surface area contributed by atoms with Crippen molar-refractivity contribution in [3.63, 3.8) is 0 Å². The van der Waals surface area contributed by atoms with Crippen LogP contribution in [0.25, 0.3) is 11.1 Å². The second-order valence-corrected chi connectivity index (χ2v) is 6.79. The van der Waals surface area contributed by atoms with Gasteiger partial charge in [0.15, 0.2) is 0 Å². The van der Waals surface area contributed by atoms with E-state index >= 15 is 0 Å². The molecule has 0 spiro atoms. The second-order valence-electron chi connectivity index (χ2n) is 5.88. The van der Waals surface area contributed by atoms with E-state index in [1.165, 1.54) is 0 Å². The van der Waals surface area contributed by atoms with Gasteiger partial charge in [0.05, 0.1) is 5.56 Å². The highest BCUT2D eigenvalue weighted by Gasteiger charge is 2.09. The highest BCUT2D eigenvalue weighted by Crippen LogP contribution is 2.26. The lowest BCUT2D eigenvalue weighted by Crippen LogP contribution is -2.11. The Morgan fingerprint density at radius 2 is 1.65 bits per heavy atom. The maximum absolute atomic E-state index is 12.3. The Hall–Kier alpha value is -2.92. The molecule has 26 heavy (non-hydrogen) atoms. The molecule has 0 aliphatic heterocycles. The van der Waals surface area contributed by atoms with Gasteiger partial charge in [-0.2, -0.15) is 0 Å². The van der Waals surface area contributed by atoms with Crippen LogP contribution in [0.3, 0.4) is 0 Å². The van der Waals surface area contributed by atoms with Gasteiger partial charge in [0.25, 0.3) is 5.91 Å². The molecule has 3 aromatic rings. The van der Waals surface area contributed by atoms with Crippen LogP contribution < -0.4 is 5.32 Å². The molecule has 0 aromatic heterocycles. The number of halogens is 1. The first kappa shape index (κ1) is 17.9. The lowest BCUT2D eigenvalue weighted by molar-refractivity contribution is 0.0696. The molecule has 0 heterocycles. The summed E-state index contributed by atoms with van der Waals surface area (Å²) in [6.45, 7) is 1.93. The van der Waals surface area contributed by atoms with Gasteiger partial charge in [-0.25, -0.2) is 4.79 Å². The average Bonchev–Trinajstić information content (AvgIpc) is 2.62. The zero-order valence-electron chi connectivity index (χ0n) is 14.0. The molecular formula is C21H16BrNO3. The highest BCUT2D eigenvalue weighted by atomic mass is 79.9. The summed E-state index contributed by atoms with van der Waals surface area (Å²) >= 11 is 3.35. The molecular weight excluding hydrogens is 394 g/mol. The van der Waals surface area contributed by atoms with Crippen LogP contribution in [0, 0.1) is 6.92 Å². The SMILES string of the molecule is Cc1ccc(C(=O)O)cc1-c1ccc(NC(=O)c2cccc(Br)c2)cc1. The van der Waals surface area contributed by atoms with E-state index in [0.29, 0.717) is 11.3 Å². The van der Waals surface area contributed by atoms with Gasteiger partial charge in [-0.15, -0.1) is 0 Å². The molecule has 5 heteroatoms. The average molecular weight is 410 g/mol. The van der Waals surface area contributed by atoms with Crippen molar-refractivity contribution in [1.29, 1.82) is 0 Å². The number of anilines is 1. The summed E-state index contributed by atoms with van der Waals surface area (Å²) in [5.74, 6) is -1.15. The number of carbonyl (C=O) groups excluding carboxylic acids is 1. The van der Waals surface area contributed by atoms with Crippen molar-refractivity contribution in [2.24, 2.45) is 0 Å². The Morgan fingerprint density at radius 3 is 2.31 bits per heavy atom. The minimum atomic E-state index is -0.954. The monoisotopic (exact) mass is 409 g/mol. The van der Waals surface area contributed by atoms with Gasteiger partial charge in [0, 0.05) is 15.7 Å². The Morgan fingerprint density at radius 1 is 0.923 bits per heavy atom. The smallest absolute Gasteiger partial charge is 0.335 e. The molecule has 0 atom stereocenters. The minimum Gasteiger partial charge on any atom is -0.478 e. The Kier molecular flexibility index (Phi) is 5.19. The van der Waals surface area contributed by atoms with Gasteiger partial charge in [-0.05, 0) is 66.1 Å². The largest absolute Gasteiger partial charge is 0.478 e. The van der Waals surface area contributed by atoms with Gasteiger partial charge in [0.1, 0.15) is 0 Å². The third-order valence-electron chi connectivity index (χ3n) is 4.03. The third-order valence-corrected chi connectivity index (χ3v) is 4.52. The van der Waals surface area contributed by atoms with E-state index in [4.69, 9.17) is 5.11 Å². The molecule has 0 aliphatic rings. The van der Waals surface area contributed by atoms with Crippen LogP contribution in [0.4, 0.5) is 5.69 Å². The first-order valence-electron chi connectivity index (χ1n) is 7.95. The van der Waals surface area contributed by atoms with Gasteiger partial charge in [0.2, 0.25) is 0 Å². The fourth-order valence-corrected chi connectivity index (χ4v) is 3.03. The van der Waals surface area contributed by atoms with Crippen molar-refractivity contribution >= 4 is 33.5 Å². The molecule has 0 saturated carbocycles. The van der Waals surface area contributed by atoms with Gasteiger partial charge >= 0.3 is 5.97 Å². The second kappa shape index (κ2) is 7.54. The molecule has 0 unspecified atom stereocenters. The summed E-state index contributed by atoms with van der Waals surface area (Å²) in [6, 6.07) is 19.5. The number of aryl methyl sites for hydroxylation is 1. The number of carboxylic acids is 1. The fraction of sp³-hybridized carbons (Fsp3) is 0.0476. The Balaban J connectivity index is 1.82. The summed E-state index contributed by atoms with van der Waals surface area (Å²) in [5.41, 5.74) is 4.22. The van der Waals surface area contributed by atoms with Crippen LogP contribution in [0.2, 0.25) is 0 Å². The zero-order chi connectivity index (χ0) is 18.7. The third kappa shape index (κ3) is 4.00. The van der Waals surface area contributed by atoms with E-state index in [9.17, 15) is 9.59 Å². The van der Waals surface area contributed by atoms with Crippen molar-refractivity contribution in [3.8, 4) is 11.1 Å². The minimum absolute atomic E-state index is 0.192. The van der Waals surface area contributed by atoms with Crippen molar-refractivity contribution in [2.75, 3.05) is 5.32 Å². The van der Waals surface area contributed by atoms with Gasteiger partial charge < -0.3 is 10.4 Å². The van der Waals surface area contributed by atoms with Crippen molar-refractivity contribution in [2.45, 2.75) is 6.92 Å². The lowest BCUT2D eigenvalue weighted by Gasteiger charge is -2.10. The standard InChI is InChI=1S/C21H16BrNO3/c1-13-5-6-16(21(25)26)12-19(13)14-7-9-18(10-8-14)23-20(24)15-3-2-4-17(22)11-15/h2-12H,1H3,(H,23,24)(H,25,26). The number of hydrogen-bond donors (Lipinski definition) is 2. The molecule has 0 aliphatic carbocycles. The predicted octanol–water partition coefficient (Wildman–Crippen LogP) is 5.38. The van der Waals surface area contributed by atoms with E-state index in [0.717, 1.165) is 21.2 Å². The molecule has 0 saturated heterocycles. The van der Waals surface area contributed by atoms with E-state index in [2.05, 4.69) is 21.2 Å². The quantitative estimate of drug-likeness (QED) is 0.607. The summed E-state index contributed by atoms with van der Waals surface area (Å²) in [4.78, 5) is 23.5. The molecule has 0 fully saturated rings. The van der Waals surface area contributed by atoms with Crippen LogP contribution >= 0.6 is 15.9 Å². The summed E-state index contributed by atoms with van der Waals surface area (Å²) < 4.78 is 0.842. The van der Waals surface area contributed by atoms with E-state index in [1.807, 2.05) is 25.1 Å². The summed E-state index contributed by atoms with van der Waals surface area (Å²) in [5, 5.41) is 12.0. The number of carbonyl (C=O) groups is 2. The highest BCUT2D eigenvalue weighted by molar-refractivity contribution is 9.10. The maximum atomic E-state index is 12.3. The number of carboxylic acid groups (broad SMARTS) is 1. The van der Waals surface area contributed by atoms with Crippen LogP contribution in [0.1, 0.15) is 26.3 Å². The number of nitrogens with one attached hydrogen (secondary N) is 1. The van der Waals surface area contributed by atoms with Crippen LogP contribution in [-0.4, -0.2) is 17.0 Å². The Bertz CT molecular complexity index is 981. The molecule has 0 bridgehead atoms. The zero-order valence-corrected chi connectivity index (χ0v) is 15.6. The molecule has 3 rings (SSSR count). The van der Waals surface area contributed by atoms with E-state index < -0.39 is 5.97 Å². The number of amides is 1. The molecule has 3 aromatic carbocycles. The maximum Gasteiger partial charge on any atom is 0.335 e. The summed E-state index contributed by atoms with van der Waals surface area (Å²) in [6.07, 6.45) is 0. The molecule has 1 amide bonds. The Labute approximate surface area is 159 Å². The first-order valence-corrected chi connectivity index (χ1v) is 8.74. The van der Waals surface area contributed by atoms with Gasteiger partial charge in [-0.3, -0.25) is 4.79 Å². The van der Waals surface area contributed by atoms with Crippen LogP contribution in [-0.2, 0) is 0 Å². The van der Waals surface area contributed by atoms with Crippen molar-refractivity contribution in [1.82, 2.24) is 0 Å². The molecule has 2 N–H and O–H groups in total. The van der Waals surface area contributed by atoms with E-state index in [-0.39, 0.29) is 11.5 Å². The number of benzene rings is 3. The number of hydrogen-bond acceptors (Lipinski definition) is 2. The van der Waals surface area contributed by atoms with Crippen molar-refractivity contribution in [3.05, 3.63) is 87.9 Å². The topological polar surface area (TPSA) is 66.4 Å². The molecule has 4 nitrogen and oxygen atoms in total. The van der Waals surface area contributed by atoms with Gasteiger partial charge in [-0.1, -0.05) is 40.2 Å².